The van der Waals surface area contributed by atoms with Gasteiger partial charge in [-0.15, -0.1) is 0 Å². The zero-order valence-electron chi connectivity index (χ0n) is 8.45. The first-order valence-electron chi connectivity index (χ1n) is 4.52. The van der Waals surface area contributed by atoms with Gasteiger partial charge in [0.05, 0.1) is 17.5 Å². The highest BCUT2D eigenvalue weighted by atomic mass is 16.4. The molecule has 0 aliphatic carbocycles. The maximum Gasteiger partial charge on any atom is 0.339 e. The van der Waals surface area contributed by atoms with E-state index < -0.39 is 5.97 Å². The van der Waals surface area contributed by atoms with Gasteiger partial charge in [-0.05, 0) is 6.92 Å². The molecule has 6 nitrogen and oxygen atoms in total. The molecule has 6 heteroatoms. The van der Waals surface area contributed by atoms with Crippen LogP contribution in [-0.2, 0) is 0 Å². The van der Waals surface area contributed by atoms with Crippen molar-refractivity contribution in [1.82, 2.24) is 19.9 Å². The number of carboxylic acid groups (broad SMARTS) is 1. The number of hydrogen-bond acceptors (Lipinski definition) is 5. The van der Waals surface area contributed by atoms with Gasteiger partial charge in [0.1, 0.15) is 5.69 Å². The first-order valence-corrected chi connectivity index (χ1v) is 4.52. The molecule has 2 aromatic heterocycles. The SMILES string of the molecule is Cc1nc(-c2cnccn2)ncc1C(=O)O. The van der Waals surface area contributed by atoms with Gasteiger partial charge < -0.3 is 5.11 Å². The molecule has 2 rings (SSSR count). The molecule has 80 valence electrons. The van der Waals surface area contributed by atoms with Gasteiger partial charge in [0.15, 0.2) is 5.82 Å². The van der Waals surface area contributed by atoms with Crippen LogP contribution in [0.5, 0.6) is 0 Å². The fourth-order valence-electron chi connectivity index (χ4n) is 1.22. The number of aromatic carboxylic acids is 1. The van der Waals surface area contributed by atoms with Crippen LogP contribution in [0.15, 0.2) is 24.8 Å². The second-order valence-electron chi connectivity index (χ2n) is 3.09. The van der Waals surface area contributed by atoms with E-state index in [4.69, 9.17) is 5.11 Å². The van der Waals surface area contributed by atoms with Crippen LogP contribution in [0.4, 0.5) is 0 Å². The Kier molecular flexibility index (Phi) is 2.55. The summed E-state index contributed by atoms with van der Waals surface area (Å²) in [4.78, 5) is 26.7. The highest BCUT2D eigenvalue weighted by Crippen LogP contribution is 2.12. The summed E-state index contributed by atoms with van der Waals surface area (Å²) in [6, 6.07) is 0. The van der Waals surface area contributed by atoms with E-state index in [9.17, 15) is 4.79 Å². The Morgan fingerprint density at radius 3 is 2.62 bits per heavy atom. The Morgan fingerprint density at radius 2 is 2.06 bits per heavy atom. The molecule has 1 N–H and O–H groups in total. The molecule has 0 bridgehead atoms. The van der Waals surface area contributed by atoms with E-state index in [1.807, 2.05) is 0 Å². The molecule has 2 heterocycles. The van der Waals surface area contributed by atoms with E-state index in [1.165, 1.54) is 18.6 Å². The van der Waals surface area contributed by atoms with Crippen molar-refractivity contribution in [3.63, 3.8) is 0 Å². The lowest BCUT2D eigenvalue weighted by Gasteiger charge is -2.02. The van der Waals surface area contributed by atoms with Crippen LogP contribution in [0.2, 0.25) is 0 Å². The van der Waals surface area contributed by atoms with Gasteiger partial charge in [-0.3, -0.25) is 4.98 Å². The summed E-state index contributed by atoms with van der Waals surface area (Å²) in [7, 11) is 0. The number of aromatic nitrogens is 4. The third kappa shape index (κ3) is 1.85. The van der Waals surface area contributed by atoms with Crippen LogP contribution in [-0.4, -0.2) is 31.0 Å². The predicted molar refractivity (Wildman–Crippen MR) is 54.8 cm³/mol. The minimum Gasteiger partial charge on any atom is -0.478 e. The third-order valence-corrected chi connectivity index (χ3v) is 2.00. The molecule has 0 spiro atoms. The molecular weight excluding hydrogens is 208 g/mol. The number of carboxylic acids is 1. The van der Waals surface area contributed by atoms with Crippen LogP contribution in [0.25, 0.3) is 11.5 Å². The molecule has 0 aromatic carbocycles. The first-order chi connectivity index (χ1) is 7.68. The number of aryl methyl sites for hydroxylation is 1. The highest BCUT2D eigenvalue weighted by Gasteiger charge is 2.11. The van der Waals surface area contributed by atoms with Gasteiger partial charge in [0.2, 0.25) is 0 Å². The molecule has 0 fully saturated rings. The van der Waals surface area contributed by atoms with Gasteiger partial charge in [-0.1, -0.05) is 0 Å². The Bertz CT molecular complexity index is 528. The molecule has 0 amide bonds. The van der Waals surface area contributed by atoms with E-state index in [-0.39, 0.29) is 5.56 Å². The molecule has 0 aliphatic heterocycles. The normalized spacial score (nSPS) is 10.1. The maximum absolute atomic E-state index is 10.8. The standard InChI is InChI=1S/C10H8N4O2/c1-6-7(10(15)16)4-13-9(14-6)8-5-11-2-3-12-8/h2-5H,1H3,(H,15,16). The van der Waals surface area contributed by atoms with Gasteiger partial charge in [-0.2, -0.15) is 0 Å². The van der Waals surface area contributed by atoms with Crippen molar-refractivity contribution in [3.05, 3.63) is 36.0 Å². The zero-order valence-corrected chi connectivity index (χ0v) is 8.45. The molecule has 0 saturated carbocycles. The average molecular weight is 216 g/mol. The quantitative estimate of drug-likeness (QED) is 0.803. The molecule has 0 aliphatic rings. The van der Waals surface area contributed by atoms with Crippen LogP contribution in [0.3, 0.4) is 0 Å². The van der Waals surface area contributed by atoms with E-state index in [2.05, 4.69) is 19.9 Å². The summed E-state index contributed by atoms with van der Waals surface area (Å²) in [5, 5.41) is 8.82. The molecule has 16 heavy (non-hydrogen) atoms. The zero-order chi connectivity index (χ0) is 11.5. The fraction of sp³-hybridized carbons (Fsp3) is 0.100. The number of carbonyl (C=O) groups is 1. The minimum absolute atomic E-state index is 0.0904. The van der Waals surface area contributed by atoms with Crippen molar-refractivity contribution >= 4 is 5.97 Å². The van der Waals surface area contributed by atoms with E-state index in [0.29, 0.717) is 17.2 Å². The lowest BCUT2D eigenvalue weighted by molar-refractivity contribution is 0.0695. The predicted octanol–water partition coefficient (Wildman–Crippen LogP) is 0.940. The van der Waals surface area contributed by atoms with Crippen molar-refractivity contribution in [1.29, 1.82) is 0 Å². The first kappa shape index (κ1) is 10.2. The number of nitrogens with zero attached hydrogens (tertiary/aromatic N) is 4. The second-order valence-corrected chi connectivity index (χ2v) is 3.09. The van der Waals surface area contributed by atoms with Crippen LogP contribution in [0.1, 0.15) is 16.1 Å². The summed E-state index contributed by atoms with van der Waals surface area (Å²) < 4.78 is 0. The van der Waals surface area contributed by atoms with Crippen molar-refractivity contribution in [2.75, 3.05) is 0 Å². The van der Waals surface area contributed by atoms with E-state index >= 15 is 0 Å². The molecule has 0 atom stereocenters. The Hall–Kier alpha value is -2.37. The smallest absolute Gasteiger partial charge is 0.339 e. The van der Waals surface area contributed by atoms with Crippen molar-refractivity contribution in [3.8, 4) is 11.5 Å². The van der Waals surface area contributed by atoms with Crippen molar-refractivity contribution in [2.45, 2.75) is 6.92 Å². The summed E-state index contributed by atoms with van der Waals surface area (Å²) in [6.07, 6.45) is 5.87. The summed E-state index contributed by atoms with van der Waals surface area (Å²) >= 11 is 0. The minimum atomic E-state index is -1.04. The van der Waals surface area contributed by atoms with Gasteiger partial charge >= 0.3 is 5.97 Å². The van der Waals surface area contributed by atoms with E-state index in [0.717, 1.165) is 0 Å². The summed E-state index contributed by atoms with van der Waals surface area (Å²) in [5.74, 6) is -0.668. The monoisotopic (exact) mass is 216 g/mol. The lowest BCUT2D eigenvalue weighted by Crippen LogP contribution is -2.04. The maximum atomic E-state index is 10.8. The molecular formula is C10H8N4O2. The van der Waals surface area contributed by atoms with Crippen LogP contribution < -0.4 is 0 Å². The Labute approximate surface area is 91.1 Å². The molecule has 0 radical (unpaired) electrons. The average Bonchev–Trinajstić information content (AvgIpc) is 2.29. The highest BCUT2D eigenvalue weighted by molar-refractivity contribution is 5.88. The van der Waals surface area contributed by atoms with Crippen molar-refractivity contribution < 1.29 is 9.90 Å². The second kappa shape index (κ2) is 4.01. The lowest BCUT2D eigenvalue weighted by atomic mass is 10.2. The topological polar surface area (TPSA) is 88.9 Å². The third-order valence-electron chi connectivity index (χ3n) is 2.00. The molecule has 0 saturated heterocycles. The summed E-state index contributed by atoms with van der Waals surface area (Å²) in [5.41, 5.74) is 1.01. The van der Waals surface area contributed by atoms with Gasteiger partial charge in [0, 0.05) is 18.6 Å². The molecule has 2 aromatic rings. The largest absolute Gasteiger partial charge is 0.478 e. The Morgan fingerprint density at radius 1 is 1.25 bits per heavy atom. The Balaban J connectivity index is 2.46. The van der Waals surface area contributed by atoms with Gasteiger partial charge in [-0.25, -0.2) is 19.7 Å². The van der Waals surface area contributed by atoms with E-state index in [1.54, 1.807) is 13.1 Å². The van der Waals surface area contributed by atoms with Gasteiger partial charge in [0.25, 0.3) is 0 Å². The van der Waals surface area contributed by atoms with Crippen molar-refractivity contribution in [2.24, 2.45) is 0 Å². The van der Waals surface area contributed by atoms with Crippen LogP contribution >= 0.6 is 0 Å². The number of hydrogen-bond donors (Lipinski definition) is 1. The van der Waals surface area contributed by atoms with Crippen LogP contribution in [0, 0.1) is 6.92 Å². The molecule has 0 unspecified atom stereocenters. The number of rotatable bonds is 2. The summed E-state index contributed by atoms with van der Waals surface area (Å²) in [6.45, 7) is 1.62. The fourth-order valence-corrected chi connectivity index (χ4v) is 1.22.